The quantitative estimate of drug-likeness (QED) is 0.741. The van der Waals surface area contributed by atoms with Crippen molar-refractivity contribution < 1.29 is 0 Å². The number of halogens is 2. The van der Waals surface area contributed by atoms with Gasteiger partial charge in [-0.25, -0.2) is 0 Å². The van der Waals surface area contributed by atoms with Gasteiger partial charge in [0.05, 0.1) is 10.7 Å². The number of rotatable bonds is 4. The van der Waals surface area contributed by atoms with Gasteiger partial charge in [-0.3, -0.25) is 0 Å². The van der Waals surface area contributed by atoms with Crippen LogP contribution in [0.5, 0.6) is 0 Å². The molecule has 104 valence electrons. The first-order chi connectivity index (χ1) is 9.51. The van der Waals surface area contributed by atoms with E-state index in [1.165, 1.54) is 5.56 Å². The first-order valence-electron chi connectivity index (χ1n) is 6.16. The van der Waals surface area contributed by atoms with E-state index in [4.69, 9.17) is 29.6 Å². The highest BCUT2D eigenvalue weighted by atomic mass is 79.9. The Kier molecular flexibility index (Phi) is 5.02. The molecule has 0 atom stereocenters. The zero-order valence-electron chi connectivity index (χ0n) is 10.9. The van der Waals surface area contributed by atoms with Crippen LogP contribution in [0.4, 0.5) is 11.4 Å². The fraction of sp³-hybridized carbons (Fsp3) is 0.133. The molecule has 0 aromatic heterocycles. The summed E-state index contributed by atoms with van der Waals surface area (Å²) in [5.74, 6) is 0. The predicted octanol–water partition coefficient (Wildman–Crippen LogP) is 5.04. The van der Waals surface area contributed by atoms with Gasteiger partial charge in [-0.15, -0.1) is 0 Å². The van der Waals surface area contributed by atoms with Crippen LogP contribution < -0.4 is 11.1 Å². The fourth-order valence-electron chi connectivity index (χ4n) is 1.89. The highest BCUT2D eigenvalue weighted by Crippen LogP contribution is 2.29. The number of hydrogen-bond acceptors (Lipinski definition) is 2. The largest absolute Gasteiger partial charge is 0.389 e. The summed E-state index contributed by atoms with van der Waals surface area (Å²) in [5.41, 5.74) is 9.46. The van der Waals surface area contributed by atoms with Crippen LogP contribution in [0.1, 0.15) is 18.1 Å². The number of nitrogens with two attached hydrogens (primary N) is 1. The van der Waals surface area contributed by atoms with Gasteiger partial charge >= 0.3 is 0 Å². The standard InChI is InChI=1S/C15H14BrClN2S/c1-2-9-7-11(16)4-6-13(9)19-14-5-3-10(15(18)20)8-12(14)17/h3-8,19H,2H2,1H3,(H2,18,20). The van der Waals surface area contributed by atoms with Gasteiger partial charge in [0.2, 0.25) is 0 Å². The van der Waals surface area contributed by atoms with Crippen LogP contribution in [-0.4, -0.2) is 4.99 Å². The second-order valence-electron chi connectivity index (χ2n) is 4.34. The molecule has 0 amide bonds. The summed E-state index contributed by atoms with van der Waals surface area (Å²) in [6.07, 6.45) is 0.935. The van der Waals surface area contributed by atoms with Gasteiger partial charge in [0.25, 0.3) is 0 Å². The van der Waals surface area contributed by atoms with Gasteiger partial charge in [-0.05, 0) is 48.4 Å². The Balaban J connectivity index is 2.33. The van der Waals surface area contributed by atoms with Crippen LogP contribution in [0.15, 0.2) is 40.9 Å². The van der Waals surface area contributed by atoms with E-state index >= 15 is 0 Å². The molecule has 0 saturated heterocycles. The minimum absolute atomic E-state index is 0.344. The van der Waals surface area contributed by atoms with Crippen molar-refractivity contribution in [1.82, 2.24) is 0 Å². The number of hydrogen-bond donors (Lipinski definition) is 2. The summed E-state index contributed by atoms with van der Waals surface area (Å²) in [6.45, 7) is 2.12. The van der Waals surface area contributed by atoms with E-state index in [9.17, 15) is 0 Å². The zero-order chi connectivity index (χ0) is 14.7. The lowest BCUT2D eigenvalue weighted by Crippen LogP contribution is -2.09. The molecule has 0 heterocycles. The normalized spacial score (nSPS) is 10.3. The summed E-state index contributed by atoms with van der Waals surface area (Å²) in [6, 6.07) is 11.6. The van der Waals surface area contributed by atoms with Crippen molar-refractivity contribution in [3.8, 4) is 0 Å². The SMILES string of the molecule is CCc1cc(Br)ccc1Nc1ccc(C(N)=S)cc1Cl. The summed E-state index contributed by atoms with van der Waals surface area (Å²) < 4.78 is 1.06. The van der Waals surface area contributed by atoms with E-state index in [0.29, 0.717) is 10.0 Å². The lowest BCUT2D eigenvalue weighted by Gasteiger charge is -2.13. The summed E-state index contributed by atoms with van der Waals surface area (Å²) in [4.78, 5) is 0.344. The van der Waals surface area contributed by atoms with Crippen LogP contribution in [0.2, 0.25) is 5.02 Å². The van der Waals surface area contributed by atoms with Crippen molar-refractivity contribution in [2.24, 2.45) is 5.73 Å². The minimum atomic E-state index is 0.344. The monoisotopic (exact) mass is 368 g/mol. The third-order valence-corrected chi connectivity index (χ3v) is 4.01. The molecule has 2 aromatic rings. The average Bonchev–Trinajstić information content (AvgIpc) is 2.42. The molecule has 0 spiro atoms. The Bertz CT molecular complexity index is 658. The molecule has 0 aliphatic rings. The molecule has 0 aliphatic carbocycles. The Hall–Kier alpha value is -1.10. The number of nitrogens with one attached hydrogen (secondary N) is 1. The van der Waals surface area contributed by atoms with Crippen molar-refractivity contribution in [1.29, 1.82) is 0 Å². The molecule has 0 radical (unpaired) electrons. The van der Waals surface area contributed by atoms with Crippen LogP contribution in [0.25, 0.3) is 0 Å². The molecule has 0 saturated carbocycles. The third-order valence-electron chi connectivity index (χ3n) is 2.97. The predicted molar refractivity (Wildman–Crippen MR) is 94.1 cm³/mol. The van der Waals surface area contributed by atoms with Crippen LogP contribution in [-0.2, 0) is 6.42 Å². The van der Waals surface area contributed by atoms with E-state index in [0.717, 1.165) is 27.8 Å². The number of thiocarbonyl (C=S) groups is 1. The first-order valence-corrected chi connectivity index (χ1v) is 7.74. The van der Waals surface area contributed by atoms with Gasteiger partial charge in [-0.2, -0.15) is 0 Å². The van der Waals surface area contributed by atoms with E-state index in [2.05, 4.69) is 34.2 Å². The third kappa shape index (κ3) is 3.51. The van der Waals surface area contributed by atoms with Crippen LogP contribution in [0, 0.1) is 0 Å². The second-order valence-corrected chi connectivity index (χ2v) is 6.10. The molecule has 0 unspecified atom stereocenters. The van der Waals surface area contributed by atoms with Gasteiger partial charge < -0.3 is 11.1 Å². The average molecular weight is 370 g/mol. The Labute approximate surface area is 137 Å². The van der Waals surface area contributed by atoms with Crippen molar-refractivity contribution >= 4 is 56.1 Å². The Morgan fingerprint density at radius 2 is 1.95 bits per heavy atom. The lowest BCUT2D eigenvalue weighted by molar-refractivity contribution is 1.14. The second kappa shape index (κ2) is 6.57. The van der Waals surface area contributed by atoms with Crippen molar-refractivity contribution in [2.45, 2.75) is 13.3 Å². The Morgan fingerprint density at radius 1 is 1.25 bits per heavy atom. The summed E-state index contributed by atoms with van der Waals surface area (Å²) in [7, 11) is 0. The molecule has 20 heavy (non-hydrogen) atoms. The van der Waals surface area contributed by atoms with E-state index < -0.39 is 0 Å². The maximum Gasteiger partial charge on any atom is 0.104 e. The van der Waals surface area contributed by atoms with Gasteiger partial charge in [0.1, 0.15) is 4.99 Å². The smallest absolute Gasteiger partial charge is 0.104 e. The van der Waals surface area contributed by atoms with E-state index in [-0.39, 0.29) is 0 Å². The molecule has 2 nitrogen and oxygen atoms in total. The number of benzene rings is 2. The molecule has 0 bridgehead atoms. The van der Waals surface area contributed by atoms with Gasteiger partial charge in [0, 0.05) is 15.7 Å². The molecule has 3 N–H and O–H groups in total. The van der Waals surface area contributed by atoms with E-state index in [1.54, 1.807) is 6.07 Å². The Morgan fingerprint density at radius 3 is 2.55 bits per heavy atom. The zero-order valence-corrected chi connectivity index (χ0v) is 14.1. The number of aryl methyl sites for hydroxylation is 1. The highest BCUT2D eigenvalue weighted by Gasteiger charge is 2.07. The molecular formula is C15H14BrClN2S. The topological polar surface area (TPSA) is 38.0 Å². The first kappa shape index (κ1) is 15.3. The fourth-order valence-corrected chi connectivity index (χ4v) is 2.65. The van der Waals surface area contributed by atoms with Crippen molar-refractivity contribution in [3.05, 3.63) is 57.0 Å². The molecule has 0 aliphatic heterocycles. The van der Waals surface area contributed by atoms with Crippen molar-refractivity contribution in [3.63, 3.8) is 0 Å². The van der Waals surface area contributed by atoms with Crippen molar-refractivity contribution in [2.75, 3.05) is 5.32 Å². The van der Waals surface area contributed by atoms with Gasteiger partial charge in [0.15, 0.2) is 0 Å². The highest BCUT2D eigenvalue weighted by molar-refractivity contribution is 9.10. The molecule has 2 aromatic carbocycles. The number of anilines is 2. The lowest BCUT2D eigenvalue weighted by atomic mass is 10.1. The maximum atomic E-state index is 6.26. The molecule has 0 fully saturated rings. The van der Waals surface area contributed by atoms with Gasteiger partial charge in [-0.1, -0.05) is 46.7 Å². The molecule has 2 rings (SSSR count). The van der Waals surface area contributed by atoms with E-state index in [1.807, 2.05) is 24.3 Å². The summed E-state index contributed by atoms with van der Waals surface area (Å²) in [5, 5.41) is 3.95. The summed E-state index contributed by atoms with van der Waals surface area (Å²) >= 11 is 14.7. The maximum absolute atomic E-state index is 6.26. The van der Waals surface area contributed by atoms with Crippen LogP contribution >= 0.6 is 39.7 Å². The molecular weight excluding hydrogens is 356 g/mol. The van der Waals surface area contributed by atoms with Crippen LogP contribution in [0.3, 0.4) is 0 Å². The minimum Gasteiger partial charge on any atom is -0.389 e. The molecule has 5 heteroatoms.